The molecular formula is C10H17BrO2. The normalized spacial score (nSPS) is 32.5. The van der Waals surface area contributed by atoms with Crippen molar-refractivity contribution in [1.29, 1.82) is 0 Å². The van der Waals surface area contributed by atoms with Crippen LogP contribution >= 0.6 is 15.9 Å². The second-order valence-corrected chi connectivity index (χ2v) is 4.84. The molecule has 0 aromatic rings. The average Bonchev–Trinajstić information content (AvgIpc) is 2.54. The van der Waals surface area contributed by atoms with Crippen LogP contribution in [-0.2, 0) is 9.47 Å². The zero-order chi connectivity index (χ0) is 9.15. The van der Waals surface area contributed by atoms with Crippen LogP contribution in [0.25, 0.3) is 0 Å². The molecule has 76 valence electrons. The molecule has 1 aliphatic carbocycles. The van der Waals surface area contributed by atoms with E-state index >= 15 is 0 Å². The van der Waals surface area contributed by atoms with Gasteiger partial charge in [0, 0.05) is 18.2 Å². The van der Waals surface area contributed by atoms with Crippen molar-refractivity contribution in [2.75, 3.05) is 18.5 Å². The lowest BCUT2D eigenvalue weighted by Crippen LogP contribution is -2.36. The fourth-order valence-electron chi connectivity index (χ4n) is 2.46. The van der Waals surface area contributed by atoms with Crippen LogP contribution in [0.15, 0.2) is 0 Å². The molecule has 1 heterocycles. The van der Waals surface area contributed by atoms with E-state index in [1.54, 1.807) is 0 Å². The molecule has 1 aliphatic heterocycles. The van der Waals surface area contributed by atoms with Crippen LogP contribution in [0.3, 0.4) is 0 Å². The lowest BCUT2D eigenvalue weighted by molar-refractivity contribution is -0.186. The van der Waals surface area contributed by atoms with E-state index < -0.39 is 0 Å². The first-order valence-electron chi connectivity index (χ1n) is 5.18. The van der Waals surface area contributed by atoms with Crippen molar-refractivity contribution in [2.24, 2.45) is 5.92 Å². The summed E-state index contributed by atoms with van der Waals surface area (Å²) >= 11 is 3.50. The Morgan fingerprint density at radius 2 is 2.08 bits per heavy atom. The highest BCUT2D eigenvalue weighted by atomic mass is 79.9. The Balaban J connectivity index is 1.90. The van der Waals surface area contributed by atoms with Gasteiger partial charge in [0.25, 0.3) is 0 Å². The van der Waals surface area contributed by atoms with E-state index in [0.717, 1.165) is 37.3 Å². The van der Waals surface area contributed by atoms with Gasteiger partial charge in [-0.25, -0.2) is 0 Å². The van der Waals surface area contributed by atoms with Crippen molar-refractivity contribution in [3.63, 3.8) is 0 Å². The average molecular weight is 249 g/mol. The van der Waals surface area contributed by atoms with Gasteiger partial charge in [-0.2, -0.15) is 0 Å². The highest BCUT2D eigenvalue weighted by molar-refractivity contribution is 9.09. The van der Waals surface area contributed by atoms with E-state index in [0.29, 0.717) is 0 Å². The lowest BCUT2D eigenvalue weighted by atomic mass is 9.83. The van der Waals surface area contributed by atoms with E-state index in [4.69, 9.17) is 9.47 Å². The van der Waals surface area contributed by atoms with Crippen LogP contribution in [0.1, 0.15) is 32.1 Å². The maximum atomic E-state index is 5.72. The third-order valence-electron chi connectivity index (χ3n) is 3.10. The van der Waals surface area contributed by atoms with Gasteiger partial charge in [0.05, 0.1) is 13.2 Å². The van der Waals surface area contributed by atoms with Gasteiger partial charge in [-0.05, 0) is 18.8 Å². The van der Waals surface area contributed by atoms with Gasteiger partial charge in [-0.1, -0.05) is 22.4 Å². The maximum absolute atomic E-state index is 5.72. The van der Waals surface area contributed by atoms with Crippen LogP contribution in [0, 0.1) is 5.92 Å². The minimum Gasteiger partial charge on any atom is -0.348 e. The first-order valence-corrected chi connectivity index (χ1v) is 6.31. The molecule has 0 aromatic carbocycles. The van der Waals surface area contributed by atoms with Gasteiger partial charge in [-0.15, -0.1) is 0 Å². The SMILES string of the molecule is BrCCC1CCCC2(C1)OCCO2. The molecule has 0 bridgehead atoms. The second-order valence-electron chi connectivity index (χ2n) is 4.05. The molecule has 1 atom stereocenters. The quantitative estimate of drug-likeness (QED) is 0.700. The van der Waals surface area contributed by atoms with Crippen molar-refractivity contribution in [3.05, 3.63) is 0 Å². The topological polar surface area (TPSA) is 18.5 Å². The highest BCUT2D eigenvalue weighted by Gasteiger charge is 2.40. The van der Waals surface area contributed by atoms with Crippen LogP contribution < -0.4 is 0 Å². The number of ether oxygens (including phenoxy) is 2. The predicted octanol–water partition coefficient (Wildman–Crippen LogP) is 2.70. The van der Waals surface area contributed by atoms with Crippen LogP contribution in [0.4, 0.5) is 0 Å². The van der Waals surface area contributed by atoms with Crippen molar-refractivity contribution in [1.82, 2.24) is 0 Å². The lowest BCUT2D eigenvalue weighted by Gasteiger charge is -2.36. The van der Waals surface area contributed by atoms with Gasteiger partial charge in [0.15, 0.2) is 5.79 Å². The minimum atomic E-state index is -0.176. The monoisotopic (exact) mass is 248 g/mol. The summed E-state index contributed by atoms with van der Waals surface area (Å²) in [6, 6.07) is 0. The number of hydrogen-bond acceptors (Lipinski definition) is 2. The highest BCUT2D eigenvalue weighted by Crippen LogP contribution is 2.39. The molecule has 0 radical (unpaired) electrons. The Kier molecular flexibility index (Phi) is 3.27. The molecule has 2 aliphatic rings. The van der Waals surface area contributed by atoms with Gasteiger partial charge >= 0.3 is 0 Å². The summed E-state index contributed by atoms with van der Waals surface area (Å²) in [5.74, 6) is 0.622. The summed E-state index contributed by atoms with van der Waals surface area (Å²) in [6.07, 6.45) is 6.08. The Labute approximate surface area is 88.1 Å². The summed E-state index contributed by atoms with van der Waals surface area (Å²) in [4.78, 5) is 0. The molecule has 3 heteroatoms. The Bertz CT molecular complexity index is 164. The Morgan fingerprint density at radius 1 is 1.31 bits per heavy atom. The zero-order valence-corrected chi connectivity index (χ0v) is 9.51. The third kappa shape index (κ3) is 2.25. The van der Waals surface area contributed by atoms with E-state index in [-0.39, 0.29) is 5.79 Å². The Hall–Kier alpha value is 0.400. The number of hydrogen-bond donors (Lipinski definition) is 0. The molecular weight excluding hydrogens is 232 g/mol. The molecule has 0 amide bonds. The largest absolute Gasteiger partial charge is 0.348 e. The third-order valence-corrected chi connectivity index (χ3v) is 3.56. The van der Waals surface area contributed by atoms with Crippen LogP contribution in [0.2, 0.25) is 0 Å². The van der Waals surface area contributed by atoms with Gasteiger partial charge in [0.1, 0.15) is 0 Å². The van der Waals surface area contributed by atoms with Crippen molar-refractivity contribution >= 4 is 15.9 Å². The van der Waals surface area contributed by atoms with Crippen molar-refractivity contribution in [2.45, 2.75) is 37.9 Å². The summed E-state index contributed by atoms with van der Waals surface area (Å²) < 4.78 is 11.4. The maximum Gasteiger partial charge on any atom is 0.168 e. The van der Waals surface area contributed by atoms with Crippen molar-refractivity contribution in [3.8, 4) is 0 Å². The molecule has 2 rings (SSSR count). The van der Waals surface area contributed by atoms with Crippen LogP contribution in [-0.4, -0.2) is 24.3 Å². The summed E-state index contributed by atoms with van der Waals surface area (Å²) in [7, 11) is 0. The molecule has 0 N–H and O–H groups in total. The second kappa shape index (κ2) is 4.28. The predicted molar refractivity (Wildman–Crippen MR) is 55.0 cm³/mol. The molecule has 1 spiro atoms. The zero-order valence-electron chi connectivity index (χ0n) is 7.93. The van der Waals surface area contributed by atoms with Gasteiger partial charge in [-0.3, -0.25) is 0 Å². The molecule has 0 aromatic heterocycles. The van der Waals surface area contributed by atoms with Crippen LogP contribution in [0.5, 0.6) is 0 Å². The van der Waals surface area contributed by atoms with E-state index in [2.05, 4.69) is 15.9 Å². The molecule has 2 fully saturated rings. The summed E-state index contributed by atoms with van der Waals surface area (Å²) in [5, 5.41) is 1.10. The number of rotatable bonds is 2. The smallest absolute Gasteiger partial charge is 0.168 e. The van der Waals surface area contributed by atoms with E-state index in [1.165, 1.54) is 19.3 Å². The summed E-state index contributed by atoms with van der Waals surface area (Å²) in [5.41, 5.74) is 0. The first-order chi connectivity index (χ1) is 6.35. The molecule has 1 saturated heterocycles. The standard InChI is InChI=1S/C10H17BrO2/c11-5-3-9-2-1-4-10(8-9)12-6-7-13-10/h9H,1-8H2. The molecule has 2 nitrogen and oxygen atoms in total. The molecule has 1 saturated carbocycles. The van der Waals surface area contributed by atoms with Gasteiger partial charge < -0.3 is 9.47 Å². The number of halogens is 1. The minimum absolute atomic E-state index is 0.176. The summed E-state index contributed by atoms with van der Waals surface area (Å²) in [6.45, 7) is 1.59. The fourth-order valence-corrected chi connectivity index (χ4v) is 3.11. The fraction of sp³-hybridized carbons (Fsp3) is 1.00. The van der Waals surface area contributed by atoms with E-state index in [1.807, 2.05) is 0 Å². The van der Waals surface area contributed by atoms with Gasteiger partial charge in [0.2, 0.25) is 0 Å². The molecule has 1 unspecified atom stereocenters. The first kappa shape index (κ1) is 9.94. The molecule has 13 heavy (non-hydrogen) atoms. The van der Waals surface area contributed by atoms with E-state index in [9.17, 15) is 0 Å². The number of alkyl halides is 1. The van der Waals surface area contributed by atoms with Crippen molar-refractivity contribution < 1.29 is 9.47 Å². The Morgan fingerprint density at radius 3 is 2.77 bits per heavy atom.